The molecule has 0 bridgehead atoms. The molecule has 1 aliphatic rings. The highest BCUT2D eigenvalue weighted by molar-refractivity contribution is 5.69. The molecular formula is C28H50O3. The lowest BCUT2D eigenvalue weighted by atomic mass is 9.73. The molecule has 0 heterocycles. The Bertz CT molecular complexity index is 515. The number of allylic oxidation sites excluding steroid dienone is 4. The van der Waals surface area contributed by atoms with E-state index in [0.717, 1.165) is 44.9 Å². The zero-order valence-electron chi connectivity index (χ0n) is 20.9. The summed E-state index contributed by atoms with van der Waals surface area (Å²) < 4.78 is 5.81. The zero-order chi connectivity index (χ0) is 23.0. The normalized spacial score (nSPS) is 22.4. The van der Waals surface area contributed by atoms with Crippen LogP contribution in [0.5, 0.6) is 0 Å². The molecule has 0 aromatic rings. The molecule has 0 spiro atoms. The summed E-state index contributed by atoms with van der Waals surface area (Å²) in [6.07, 6.45) is 25.5. The van der Waals surface area contributed by atoms with Gasteiger partial charge in [-0.2, -0.15) is 0 Å². The van der Waals surface area contributed by atoms with Crippen molar-refractivity contribution in [3.8, 4) is 0 Å². The molecule has 1 saturated carbocycles. The first-order valence-corrected chi connectivity index (χ1v) is 13.1. The molecule has 1 rings (SSSR count). The molecule has 3 heteroatoms. The van der Waals surface area contributed by atoms with Crippen LogP contribution in [0.15, 0.2) is 24.3 Å². The summed E-state index contributed by atoms with van der Waals surface area (Å²) in [5, 5.41) is 10.4. The van der Waals surface area contributed by atoms with Gasteiger partial charge in [0.15, 0.2) is 0 Å². The van der Waals surface area contributed by atoms with Crippen molar-refractivity contribution in [2.75, 3.05) is 0 Å². The molecule has 0 saturated heterocycles. The number of carbonyl (C=O) groups excluding carboxylic acids is 1. The predicted octanol–water partition coefficient (Wildman–Crippen LogP) is 7.92. The van der Waals surface area contributed by atoms with Gasteiger partial charge in [0.05, 0.1) is 5.60 Å². The number of rotatable bonds is 16. The van der Waals surface area contributed by atoms with Crippen molar-refractivity contribution in [1.82, 2.24) is 0 Å². The number of hydrogen-bond acceptors (Lipinski definition) is 3. The lowest BCUT2D eigenvalue weighted by Gasteiger charge is -2.40. The van der Waals surface area contributed by atoms with Crippen LogP contribution in [0.2, 0.25) is 0 Å². The maximum absolute atomic E-state index is 12.3. The maximum atomic E-state index is 12.3. The summed E-state index contributed by atoms with van der Waals surface area (Å²) in [6.45, 7) is 8.14. The Labute approximate surface area is 192 Å². The number of ether oxygens (including phenoxy) is 1. The fraction of sp³-hybridized carbons (Fsp3) is 0.821. The summed E-state index contributed by atoms with van der Waals surface area (Å²) >= 11 is 0. The first kappa shape index (κ1) is 27.9. The van der Waals surface area contributed by atoms with Gasteiger partial charge in [-0.3, -0.25) is 4.79 Å². The van der Waals surface area contributed by atoms with Crippen molar-refractivity contribution in [1.29, 1.82) is 0 Å². The summed E-state index contributed by atoms with van der Waals surface area (Å²) in [5.74, 6) is 0.531. The van der Waals surface area contributed by atoms with Gasteiger partial charge in [-0.25, -0.2) is 0 Å². The Kier molecular flexibility index (Phi) is 14.9. The van der Waals surface area contributed by atoms with Crippen molar-refractivity contribution < 1.29 is 14.6 Å². The van der Waals surface area contributed by atoms with E-state index in [0.29, 0.717) is 12.3 Å². The second kappa shape index (κ2) is 16.5. The minimum Gasteiger partial charge on any atom is -0.462 e. The van der Waals surface area contributed by atoms with E-state index in [1.54, 1.807) is 0 Å². The molecule has 0 aromatic heterocycles. The Hall–Kier alpha value is -1.09. The molecule has 180 valence electrons. The Morgan fingerprint density at radius 2 is 1.55 bits per heavy atom. The molecule has 3 unspecified atom stereocenters. The average Bonchev–Trinajstić information content (AvgIpc) is 2.70. The summed E-state index contributed by atoms with van der Waals surface area (Å²) in [4.78, 5) is 12.3. The first-order valence-electron chi connectivity index (χ1n) is 13.1. The molecule has 1 N–H and O–H groups in total. The Balaban J connectivity index is 2.04. The zero-order valence-corrected chi connectivity index (χ0v) is 20.9. The van der Waals surface area contributed by atoms with Crippen LogP contribution in [-0.4, -0.2) is 22.8 Å². The van der Waals surface area contributed by atoms with Gasteiger partial charge in [0.25, 0.3) is 0 Å². The Morgan fingerprint density at radius 1 is 0.935 bits per heavy atom. The molecule has 0 aliphatic heterocycles. The quantitative estimate of drug-likeness (QED) is 0.152. The van der Waals surface area contributed by atoms with Crippen LogP contribution in [0, 0.1) is 11.8 Å². The highest BCUT2D eigenvalue weighted by Gasteiger charge is 2.39. The lowest BCUT2D eigenvalue weighted by Crippen LogP contribution is -2.44. The molecular weight excluding hydrogens is 384 g/mol. The van der Waals surface area contributed by atoms with Gasteiger partial charge in [-0.05, 0) is 71.1 Å². The average molecular weight is 435 g/mol. The van der Waals surface area contributed by atoms with Crippen molar-refractivity contribution in [3.63, 3.8) is 0 Å². The third-order valence-electron chi connectivity index (χ3n) is 6.58. The fourth-order valence-electron chi connectivity index (χ4n) is 4.58. The minimum absolute atomic E-state index is 0.0530. The van der Waals surface area contributed by atoms with Gasteiger partial charge in [-0.1, -0.05) is 76.7 Å². The SMILES string of the molecule is CCCCC/C=C\C/C=C\CCCCCCCC(=O)OC1CC(C)CCC1C(C)(C)O. The molecule has 1 fully saturated rings. The molecule has 0 aromatic carbocycles. The topological polar surface area (TPSA) is 46.5 Å². The van der Waals surface area contributed by atoms with Crippen molar-refractivity contribution in [2.24, 2.45) is 11.8 Å². The predicted molar refractivity (Wildman–Crippen MR) is 132 cm³/mol. The summed E-state index contributed by atoms with van der Waals surface area (Å²) in [6, 6.07) is 0. The number of unbranched alkanes of at least 4 members (excludes halogenated alkanes) is 8. The molecule has 3 atom stereocenters. The van der Waals surface area contributed by atoms with Crippen molar-refractivity contribution >= 4 is 5.97 Å². The van der Waals surface area contributed by atoms with Crippen LogP contribution >= 0.6 is 0 Å². The largest absolute Gasteiger partial charge is 0.462 e. The molecule has 31 heavy (non-hydrogen) atoms. The number of carbonyl (C=O) groups is 1. The van der Waals surface area contributed by atoms with Gasteiger partial charge in [-0.15, -0.1) is 0 Å². The second-order valence-corrected chi connectivity index (χ2v) is 10.2. The van der Waals surface area contributed by atoms with Crippen LogP contribution in [-0.2, 0) is 9.53 Å². The lowest BCUT2D eigenvalue weighted by molar-refractivity contribution is -0.162. The van der Waals surface area contributed by atoms with Crippen LogP contribution in [0.3, 0.4) is 0 Å². The monoisotopic (exact) mass is 434 g/mol. The fourth-order valence-corrected chi connectivity index (χ4v) is 4.58. The standard InChI is InChI=1S/C28H50O3/c1-5-6-7-8-9-10-11-12-13-14-15-16-17-18-19-20-27(29)31-26-23-24(2)21-22-25(26)28(3,4)30/h9-10,12-13,24-26,30H,5-8,11,14-23H2,1-4H3/b10-9-,13-12-. The van der Waals surface area contributed by atoms with Gasteiger partial charge >= 0.3 is 5.97 Å². The third kappa shape index (κ3) is 13.8. The van der Waals surface area contributed by atoms with E-state index < -0.39 is 5.60 Å². The van der Waals surface area contributed by atoms with E-state index in [-0.39, 0.29) is 18.0 Å². The van der Waals surface area contributed by atoms with E-state index in [4.69, 9.17) is 4.74 Å². The third-order valence-corrected chi connectivity index (χ3v) is 6.58. The Morgan fingerprint density at radius 3 is 2.19 bits per heavy atom. The summed E-state index contributed by atoms with van der Waals surface area (Å²) in [7, 11) is 0. The number of hydrogen-bond donors (Lipinski definition) is 1. The van der Waals surface area contributed by atoms with Gasteiger partial charge < -0.3 is 9.84 Å². The molecule has 0 amide bonds. The highest BCUT2D eigenvalue weighted by Crippen LogP contribution is 2.37. The number of aliphatic hydroxyl groups is 1. The van der Waals surface area contributed by atoms with E-state index in [9.17, 15) is 9.90 Å². The summed E-state index contributed by atoms with van der Waals surface area (Å²) in [5.41, 5.74) is -0.787. The van der Waals surface area contributed by atoms with Gasteiger partial charge in [0, 0.05) is 12.3 Å². The van der Waals surface area contributed by atoms with Crippen LogP contribution in [0.4, 0.5) is 0 Å². The highest BCUT2D eigenvalue weighted by atomic mass is 16.5. The number of esters is 1. The van der Waals surface area contributed by atoms with Gasteiger partial charge in [0.2, 0.25) is 0 Å². The smallest absolute Gasteiger partial charge is 0.306 e. The minimum atomic E-state index is -0.787. The molecule has 1 aliphatic carbocycles. The van der Waals surface area contributed by atoms with Crippen molar-refractivity contribution in [2.45, 2.75) is 136 Å². The van der Waals surface area contributed by atoms with Crippen LogP contribution in [0.25, 0.3) is 0 Å². The van der Waals surface area contributed by atoms with E-state index in [1.807, 2.05) is 13.8 Å². The van der Waals surface area contributed by atoms with Crippen LogP contribution < -0.4 is 0 Å². The van der Waals surface area contributed by atoms with Crippen LogP contribution in [0.1, 0.15) is 124 Å². The van der Waals surface area contributed by atoms with Gasteiger partial charge in [0.1, 0.15) is 6.10 Å². The van der Waals surface area contributed by atoms with E-state index in [1.165, 1.54) is 44.9 Å². The second-order valence-electron chi connectivity index (χ2n) is 10.2. The van der Waals surface area contributed by atoms with E-state index in [2.05, 4.69) is 38.2 Å². The van der Waals surface area contributed by atoms with E-state index >= 15 is 0 Å². The first-order chi connectivity index (χ1) is 14.8. The molecule has 3 nitrogen and oxygen atoms in total. The van der Waals surface area contributed by atoms with Crippen molar-refractivity contribution in [3.05, 3.63) is 24.3 Å². The maximum Gasteiger partial charge on any atom is 0.306 e. The molecule has 0 radical (unpaired) electrons.